The van der Waals surface area contributed by atoms with Crippen LogP contribution in [0.2, 0.25) is 0 Å². The molecule has 1 saturated carbocycles. The van der Waals surface area contributed by atoms with Crippen molar-refractivity contribution in [2.24, 2.45) is 11.0 Å². The van der Waals surface area contributed by atoms with Crippen LogP contribution in [0.15, 0.2) is 102 Å². The van der Waals surface area contributed by atoms with E-state index in [1.54, 1.807) is 12.1 Å². The van der Waals surface area contributed by atoms with E-state index in [0.29, 0.717) is 30.7 Å². The molecule has 1 aliphatic heterocycles. The molecule has 2 amide bonds. The number of carbonyl (C=O) groups excluding carboxylic acids is 2. The molecule has 0 spiro atoms. The highest BCUT2D eigenvalue weighted by molar-refractivity contribution is 6.15. The molecule has 0 unspecified atom stereocenters. The fourth-order valence-corrected chi connectivity index (χ4v) is 5.84. The molecule has 0 radical (unpaired) electrons. The normalized spacial score (nSPS) is 16.3. The molecule has 5 rings (SSSR count). The fourth-order valence-electron chi connectivity index (χ4n) is 5.84. The van der Waals surface area contributed by atoms with Gasteiger partial charge < -0.3 is 10.4 Å². The molecular formula is C35H36FN3O3. The summed E-state index contributed by atoms with van der Waals surface area (Å²) in [5.74, 6) is -1.05. The number of aryl methyl sites for hydroxylation is 1. The lowest BCUT2D eigenvalue weighted by Gasteiger charge is -2.26. The molecule has 216 valence electrons. The van der Waals surface area contributed by atoms with Gasteiger partial charge in [0.05, 0.1) is 36.0 Å². The highest BCUT2D eigenvalue weighted by atomic mass is 19.1. The van der Waals surface area contributed by atoms with E-state index in [1.807, 2.05) is 54.6 Å². The number of anilines is 1. The third-order valence-electron chi connectivity index (χ3n) is 8.07. The van der Waals surface area contributed by atoms with Gasteiger partial charge in [0, 0.05) is 12.0 Å². The van der Waals surface area contributed by atoms with E-state index < -0.39 is 11.7 Å². The van der Waals surface area contributed by atoms with Crippen molar-refractivity contribution in [1.82, 2.24) is 5.01 Å². The Hall–Kier alpha value is -4.52. The van der Waals surface area contributed by atoms with Crippen molar-refractivity contribution in [2.45, 2.75) is 57.4 Å². The van der Waals surface area contributed by atoms with Gasteiger partial charge in [-0.3, -0.25) is 9.59 Å². The first-order chi connectivity index (χ1) is 20.3. The number of halogens is 1. The monoisotopic (exact) mass is 565 g/mol. The molecule has 2 aliphatic rings. The maximum Gasteiger partial charge on any atom is 0.247 e. The van der Waals surface area contributed by atoms with Gasteiger partial charge in [0.2, 0.25) is 11.8 Å². The van der Waals surface area contributed by atoms with Crippen molar-refractivity contribution < 1.29 is 19.1 Å². The highest BCUT2D eigenvalue weighted by Crippen LogP contribution is 2.38. The first-order valence-corrected chi connectivity index (χ1v) is 14.5. The zero-order valence-electron chi connectivity index (χ0n) is 23.7. The van der Waals surface area contributed by atoms with Crippen LogP contribution in [0.5, 0.6) is 0 Å². The largest absolute Gasteiger partial charge is 0.513 e. The minimum atomic E-state index is -0.500. The molecule has 3 aromatic carbocycles. The fraction of sp³-hybridized carbons (Fsp3) is 0.286. The summed E-state index contributed by atoms with van der Waals surface area (Å²) >= 11 is 0. The Labute approximate surface area is 246 Å². The predicted octanol–water partition coefficient (Wildman–Crippen LogP) is 7.44. The number of carbonyl (C=O) groups is 2. The summed E-state index contributed by atoms with van der Waals surface area (Å²) < 4.78 is 14.7. The lowest BCUT2D eigenvalue weighted by molar-refractivity contribution is -0.131. The molecular weight excluding hydrogens is 529 g/mol. The number of nitrogens with one attached hydrogen (secondary N) is 1. The SMILES string of the molecule is C=C(O)CCc1ccc(F)c(NC(=O)[C@H](c2ccc(CN3N=C(c4ccccc4)C(=C)CC3=O)cc2)C2CCCC2)c1. The number of amides is 2. The molecule has 1 aliphatic carbocycles. The molecule has 0 saturated heterocycles. The Morgan fingerprint density at radius 2 is 1.74 bits per heavy atom. The van der Waals surface area contributed by atoms with E-state index in [2.05, 4.69) is 23.6 Å². The van der Waals surface area contributed by atoms with Gasteiger partial charge in [-0.15, -0.1) is 0 Å². The predicted molar refractivity (Wildman–Crippen MR) is 164 cm³/mol. The zero-order chi connectivity index (χ0) is 29.6. The molecule has 1 atom stereocenters. The second-order valence-corrected chi connectivity index (χ2v) is 11.2. The van der Waals surface area contributed by atoms with Crippen molar-refractivity contribution in [1.29, 1.82) is 0 Å². The number of benzene rings is 3. The molecule has 0 aromatic heterocycles. The van der Waals surface area contributed by atoms with Crippen LogP contribution in [-0.2, 0) is 22.6 Å². The number of hydrogen-bond donors (Lipinski definition) is 2. The minimum Gasteiger partial charge on any atom is -0.513 e. The van der Waals surface area contributed by atoms with Crippen LogP contribution in [0, 0.1) is 11.7 Å². The van der Waals surface area contributed by atoms with E-state index in [4.69, 9.17) is 0 Å². The summed E-state index contributed by atoms with van der Waals surface area (Å²) in [5, 5.41) is 18.4. The third-order valence-corrected chi connectivity index (χ3v) is 8.07. The van der Waals surface area contributed by atoms with Crippen molar-refractivity contribution in [3.8, 4) is 0 Å². The van der Waals surface area contributed by atoms with Crippen LogP contribution in [0.1, 0.15) is 66.7 Å². The second kappa shape index (κ2) is 13.0. The van der Waals surface area contributed by atoms with E-state index in [0.717, 1.165) is 47.9 Å². The smallest absolute Gasteiger partial charge is 0.247 e. The minimum absolute atomic E-state index is 0.0631. The summed E-state index contributed by atoms with van der Waals surface area (Å²) in [6.45, 7) is 7.86. The maximum atomic E-state index is 14.7. The van der Waals surface area contributed by atoms with E-state index >= 15 is 0 Å². The van der Waals surface area contributed by atoms with Crippen LogP contribution >= 0.6 is 0 Å². The van der Waals surface area contributed by atoms with Gasteiger partial charge in [-0.2, -0.15) is 5.10 Å². The number of aliphatic hydroxyl groups is 1. The van der Waals surface area contributed by atoms with Crippen LogP contribution in [0.25, 0.3) is 0 Å². The van der Waals surface area contributed by atoms with Crippen molar-refractivity contribution >= 4 is 23.2 Å². The van der Waals surface area contributed by atoms with Gasteiger partial charge in [-0.1, -0.05) is 86.7 Å². The van der Waals surface area contributed by atoms with Crippen molar-refractivity contribution in [3.05, 3.63) is 125 Å². The van der Waals surface area contributed by atoms with Crippen molar-refractivity contribution in [2.75, 3.05) is 5.32 Å². The van der Waals surface area contributed by atoms with Crippen LogP contribution in [0.4, 0.5) is 10.1 Å². The van der Waals surface area contributed by atoms with E-state index in [-0.39, 0.29) is 35.6 Å². The average Bonchev–Trinajstić information content (AvgIpc) is 3.50. The average molecular weight is 566 g/mol. The lowest BCUT2D eigenvalue weighted by Crippen LogP contribution is -2.32. The summed E-state index contributed by atoms with van der Waals surface area (Å²) in [6.07, 6.45) is 5.07. The Morgan fingerprint density at radius 3 is 2.43 bits per heavy atom. The van der Waals surface area contributed by atoms with Gasteiger partial charge in [-0.05, 0) is 59.6 Å². The molecule has 2 N–H and O–H groups in total. The first kappa shape index (κ1) is 29.0. The highest BCUT2D eigenvalue weighted by Gasteiger charge is 2.33. The van der Waals surface area contributed by atoms with Crippen molar-refractivity contribution in [3.63, 3.8) is 0 Å². The molecule has 6 nitrogen and oxygen atoms in total. The first-order valence-electron chi connectivity index (χ1n) is 14.5. The summed E-state index contributed by atoms with van der Waals surface area (Å²) in [4.78, 5) is 26.4. The maximum absolute atomic E-state index is 14.7. The van der Waals surface area contributed by atoms with Gasteiger partial charge in [0.15, 0.2) is 0 Å². The Kier molecular flexibility index (Phi) is 8.96. The van der Waals surface area contributed by atoms with Crippen LogP contribution < -0.4 is 5.32 Å². The summed E-state index contributed by atoms with van der Waals surface area (Å²) in [5.41, 5.74) is 5.03. The van der Waals surface area contributed by atoms with Crippen LogP contribution in [-0.4, -0.2) is 27.6 Å². The summed E-state index contributed by atoms with van der Waals surface area (Å²) in [6, 6.07) is 22.1. The number of nitrogens with zero attached hydrogens (tertiary/aromatic N) is 2. The standard InChI is InChI=1S/C35H36FN3O3/c1-23-20-32(41)39(38-34(23)29-10-4-3-5-11-29)22-26-14-17-28(18-15-26)33(27-8-6-7-9-27)35(42)37-31-21-25(13-12-24(2)40)16-19-30(31)36/h3-5,10-11,14-19,21,27,33,40H,1-2,6-9,12-13,20,22H2,(H,37,42)/t33-/m0/s1. The second-order valence-electron chi connectivity index (χ2n) is 11.2. The molecule has 7 heteroatoms. The third kappa shape index (κ3) is 6.85. The van der Waals surface area contributed by atoms with Crippen LogP contribution in [0.3, 0.4) is 0 Å². The Morgan fingerprint density at radius 1 is 1.05 bits per heavy atom. The Bertz CT molecular complexity index is 1510. The Balaban J connectivity index is 1.34. The number of rotatable bonds is 10. The van der Waals surface area contributed by atoms with E-state index in [1.165, 1.54) is 11.1 Å². The zero-order valence-corrected chi connectivity index (χ0v) is 23.7. The van der Waals surface area contributed by atoms with Gasteiger partial charge in [0.25, 0.3) is 0 Å². The molecule has 1 fully saturated rings. The number of hydrogen-bond acceptors (Lipinski definition) is 4. The number of allylic oxidation sites excluding steroid dienone is 1. The molecule has 1 heterocycles. The topological polar surface area (TPSA) is 82.0 Å². The summed E-state index contributed by atoms with van der Waals surface area (Å²) in [7, 11) is 0. The molecule has 3 aromatic rings. The molecule has 42 heavy (non-hydrogen) atoms. The number of aliphatic hydroxyl groups excluding tert-OH is 1. The van der Waals surface area contributed by atoms with E-state index in [9.17, 15) is 19.1 Å². The van der Waals surface area contributed by atoms with Gasteiger partial charge >= 0.3 is 0 Å². The quantitative estimate of drug-likeness (QED) is 0.251. The van der Waals surface area contributed by atoms with Gasteiger partial charge in [0.1, 0.15) is 5.82 Å². The van der Waals surface area contributed by atoms with Gasteiger partial charge in [-0.25, -0.2) is 9.40 Å². The lowest BCUT2D eigenvalue weighted by atomic mass is 9.83. The molecule has 0 bridgehead atoms. The number of hydrazone groups is 1.